The minimum absolute atomic E-state index is 0.308. The molecule has 10 heteroatoms. The normalized spacial score (nSPS) is 11.2. The van der Waals surface area contributed by atoms with Crippen LogP contribution in [0.5, 0.6) is 0 Å². The molecule has 0 fully saturated rings. The first kappa shape index (κ1) is 20.9. The molecule has 0 saturated carbocycles. The number of amides is 1. The number of thioether (sulfide) groups is 1. The third kappa shape index (κ3) is 4.71. The average Bonchev–Trinajstić information content (AvgIpc) is 3.25. The van der Waals surface area contributed by atoms with E-state index >= 15 is 0 Å². The Morgan fingerprint density at radius 2 is 1.86 bits per heavy atom. The molecule has 0 radical (unpaired) electrons. The van der Waals surface area contributed by atoms with Gasteiger partial charge in [-0.15, -0.1) is 21.5 Å². The van der Waals surface area contributed by atoms with E-state index in [1.54, 1.807) is 23.9 Å². The van der Waals surface area contributed by atoms with Crippen molar-refractivity contribution in [2.24, 2.45) is 0 Å². The molecule has 2 aromatic carbocycles. The number of hydrogen-bond acceptors (Lipinski definition) is 6. The van der Waals surface area contributed by atoms with Crippen LogP contribution in [0, 0.1) is 6.92 Å². The summed E-state index contributed by atoms with van der Waals surface area (Å²) in [7, 11) is 0. The zero-order valence-electron chi connectivity index (χ0n) is 14.8. The second kappa shape index (κ2) is 8.79. The molecule has 4 aromatic rings. The molecule has 0 aliphatic rings. The van der Waals surface area contributed by atoms with E-state index in [0.717, 1.165) is 14.8 Å². The van der Waals surface area contributed by atoms with Gasteiger partial charge in [-0.05, 0) is 24.6 Å². The van der Waals surface area contributed by atoms with Gasteiger partial charge >= 0.3 is 0 Å². The van der Waals surface area contributed by atoms with Gasteiger partial charge in [-0.25, -0.2) is 0 Å². The summed E-state index contributed by atoms with van der Waals surface area (Å²) in [4.78, 5) is 13.0. The highest BCUT2D eigenvalue weighted by molar-refractivity contribution is 8.00. The maximum Gasteiger partial charge on any atom is 0.269 e. The largest absolute Gasteiger partial charge is 0.296 e. The van der Waals surface area contributed by atoms with Gasteiger partial charge in [-0.1, -0.05) is 87.7 Å². The minimum Gasteiger partial charge on any atom is -0.296 e. The molecule has 0 spiro atoms. The van der Waals surface area contributed by atoms with Gasteiger partial charge in [0.15, 0.2) is 4.34 Å². The lowest BCUT2D eigenvalue weighted by Gasteiger charge is -1.99. The molecule has 0 saturated heterocycles. The van der Waals surface area contributed by atoms with E-state index < -0.39 is 0 Å². The fourth-order valence-electron chi connectivity index (χ4n) is 2.56. The molecular weight excluding hydrogens is 489 g/mol. The fraction of sp³-hybridized carbons (Fsp3) is 0.105. The molecule has 148 valence electrons. The highest BCUT2D eigenvalue weighted by atomic mass is 35.5. The SMILES string of the molecule is Cc1ccc(CSc2nnc(NC(=O)c3sc4cc(Cl)cc(Cl)c4c3Cl)s2)cc1. The van der Waals surface area contributed by atoms with Gasteiger partial charge in [0.25, 0.3) is 5.91 Å². The number of carbonyl (C=O) groups excluding carboxylic acids is 1. The second-order valence-corrected chi connectivity index (χ2v) is 10.6. The van der Waals surface area contributed by atoms with Gasteiger partial charge in [0.2, 0.25) is 5.13 Å². The maximum absolute atomic E-state index is 12.7. The van der Waals surface area contributed by atoms with Crippen LogP contribution in [0.25, 0.3) is 10.1 Å². The van der Waals surface area contributed by atoms with Crippen LogP contribution in [0.1, 0.15) is 20.8 Å². The summed E-state index contributed by atoms with van der Waals surface area (Å²) >= 11 is 22.8. The Morgan fingerprint density at radius 3 is 2.62 bits per heavy atom. The Morgan fingerprint density at radius 1 is 1.10 bits per heavy atom. The molecule has 0 unspecified atom stereocenters. The van der Waals surface area contributed by atoms with E-state index in [-0.39, 0.29) is 5.91 Å². The lowest BCUT2D eigenvalue weighted by molar-refractivity contribution is 0.103. The molecule has 4 nitrogen and oxygen atoms in total. The van der Waals surface area contributed by atoms with Crippen molar-refractivity contribution in [2.45, 2.75) is 17.0 Å². The number of hydrogen-bond donors (Lipinski definition) is 1. The number of thiophene rings is 1. The standard InChI is InChI=1S/C19H12Cl3N3OS3/c1-9-2-4-10(5-3-9)8-27-19-25-24-18(29-19)23-17(26)16-15(22)14-12(21)6-11(20)7-13(14)28-16/h2-7H,8H2,1H3,(H,23,24,26). The molecule has 1 N–H and O–H groups in total. The van der Waals surface area contributed by atoms with Crippen molar-refractivity contribution >= 4 is 90.4 Å². The van der Waals surface area contributed by atoms with E-state index in [1.807, 2.05) is 0 Å². The average molecular weight is 501 g/mol. The van der Waals surface area contributed by atoms with Crippen molar-refractivity contribution in [1.29, 1.82) is 0 Å². The van der Waals surface area contributed by atoms with E-state index in [2.05, 4.69) is 46.7 Å². The van der Waals surface area contributed by atoms with E-state index in [1.165, 1.54) is 33.8 Å². The van der Waals surface area contributed by atoms with E-state index in [4.69, 9.17) is 34.8 Å². The highest BCUT2D eigenvalue weighted by Crippen LogP contribution is 2.41. The number of nitrogens with zero attached hydrogens (tertiary/aromatic N) is 2. The first-order valence-corrected chi connectivity index (χ1v) is 12.1. The van der Waals surface area contributed by atoms with E-state index in [0.29, 0.717) is 30.5 Å². The van der Waals surface area contributed by atoms with Crippen LogP contribution in [0.4, 0.5) is 5.13 Å². The molecular formula is C19H12Cl3N3OS3. The number of carbonyl (C=O) groups is 1. The zero-order valence-corrected chi connectivity index (χ0v) is 19.5. The third-order valence-electron chi connectivity index (χ3n) is 3.97. The zero-order chi connectivity index (χ0) is 20.5. The molecule has 0 atom stereocenters. The van der Waals surface area contributed by atoms with Crippen LogP contribution in [0.2, 0.25) is 15.1 Å². The predicted octanol–water partition coefficient (Wildman–Crippen LogP) is 7.57. The van der Waals surface area contributed by atoms with Crippen molar-refractivity contribution in [3.05, 3.63) is 67.5 Å². The fourth-order valence-corrected chi connectivity index (χ4v) is 6.54. The lowest BCUT2D eigenvalue weighted by Crippen LogP contribution is -2.10. The number of rotatable bonds is 5. The number of aromatic nitrogens is 2. The van der Waals surface area contributed by atoms with Crippen LogP contribution >= 0.6 is 69.2 Å². The highest BCUT2D eigenvalue weighted by Gasteiger charge is 2.21. The number of halogens is 3. The number of benzene rings is 2. The summed E-state index contributed by atoms with van der Waals surface area (Å²) in [5.74, 6) is 0.430. The van der Waals surface area contributed by atoms with Gasteiger partial charge in [0.1, 0.15) is 4.88 Å². The van der Waals surface area contributed by atoms with Gasteiger partial charge in [-0.2, -0.15) is 0 Å². The van der Waals surface area contributed by atoms with Gasteiger partial charge in [0.05, 0.1) is 10.0 Å². The Balaban J connectivity index is 1.46. The molecule has 4 rings (SSSR count). The Kier molecular flexibility index (Phi) is 6.34. The Labute approximate surface area is 194 Å². The van der Waals surface area contributed by atoms with E-state index in [9.17, 15) is 4.79 Å². The quantitative estimate of drug-likeness (QED) is 0.227. The van der Waals surface area contributed by atoms with Crippen LogP contribution < -0.4 is 5.32 Å². The topological polar surface area (TPSA) is 54.9 Å². The van der Waals surface area contributed by atoms with Crippen LogP contribution in [-0.2, 0) is 5.75 Å². The summed E-state index contributed by atoms with van der Waals surface area (Å²) < 4.78 is 1.53. The van der Waals surface area contributed by atoms with Crippen molar-refractivity contribution in [2.75, 3.05) is 5.32 Å². The van der Waals surface area contributed by atoms with Crippen molar-refractivity contribution in [1.82, 2.24) is 10.2 Å². The number of nitrogens with one attached hydrogen (secondary N) is 1. The summed E-state index contributed by atoms with van der Waals surface area (Å²) in [6.45, 7) is 2.06. The predicted molar refractivity (Wildman–Crippen MR) is 125 cm³/mol. The van der Waals surface area contributed by atoms with Crippen molar-refractivity contribution in [3.8, 4) is 0 Å². The summed E-state index contributed by atoms with van der Waals surface area (Å²) in [6, 6.07) is 11.7. The van der Waals surface area contributed by atoms with Crippen molar-refractivity contribution in [3.63, 3.8) is 0 Å². The molecule has 0 aliphatic heterocycles. The first-order valence-electron chi connectivity index (χ1n) is 8.31. The lowest BCUT2D eigenvalue weighted by atomic mass is 10.2. The third-order valence-corrected chi connectivity index (χ3v) is 8.15. The van der Waals surface area contributed by atoms with Gasteiger partial charge in [-0.3, -0.25) is 10.1 Å². The Hall–Kier alpha value is -1.35. The molecule has 1 amide bonds. The summed E-state index contributed by atoms with van der Waals surface area (Å²) in [5.41, 5.74) is 2.43. The first-order chi connectivity index (χ1) is 13.9. The van der Waals surface area contributed by atoms with Gasteiger partial charge in [0, 0.05) is 20.9 Å². The van der Waals surface area contributed by atoms with Crippen molar-refractivity contribution < 1.29 is 4.79 Å². The maximum atomic E-state index is 12.7. The molecule has 29 heavy (non-hydrogen) atoms. The summed E-state index contributed by atoms with van der Waals surface area (Å²) in [6.07, 6.45) is 0. The Bertz CT molecular complexity index is 1200. The number of fused-ring (bicyclic) bond motifs is 1. The molecule has 2 heterocycles. The number of aryl methyl sites for hydroxylation is 1. The van der Waals surface area contributed by atoms with Crippen LogP contribution in [0.3, 0.4) is 0 Å². The number of anilines is 1. The smallest absolute Gasteiger partial charge is 0.269 e. The molecule has 0 aliphatic carbocycles. The minimum atomic E-state index is -0.352. The monoisotopic (exact) mass is 499 g/mol. The molecule has 0 bridgehead atoms. The molecule has 2 aromatic heterocycles. The summed E-state index contributed by atoms with van der Waals surface area (Å²) in [5, 5.41) is 13.2. The van der Waals surface area contributed by atoms with Gasteiger partial charge < -0.3 is 0 Å². The van der Waals surface area contributed by atoms with Crippen LogP contribution in [-0.4, -0.2) is 16.1 Å². The second-order valence-electron chi connectivity index (χ2n) is 6.11. The van der Waals surface area contributed by atoms with Crippen LogP contribution in [0.15, 0.2) is 40.7 Å².